The molecule has 0 saturated heterocycles. The first-order valence-electron chi connectivity index (χ1n) is 8.75. The molecule has 0 aliphatic carbocycles. The monoisotopic (exact) mass is 358 g/mol. The van der Waals surface area contributed by atoms with Gasteiger partial charge in [-0.25, -0.2) is 0 Å². The van der Waals surface area contributed by atoms with Crippen LogP contribution in [0.1, 0.15) is 21.6 Å². The van der Waals surface area contributed by atoms with Gasteiger partial charge >= 0.3 is 0 Å². The van der Waals surface area contributed by atoms with Crippen LogP contribution in [-0.4, -0.2) is 24.9 Å². The van der Waals surface area contributed by atoms with Gasteiger partial charge < -0.3 is 9.64 Å². The molecular weight excluding hydrogens is 336 g/mol. The molecule has 0 amide bonds. The zero-order valence-electron chi connectivity index (χ0n) is 15.5. The zero-order valence-corrected chi connectivity index (χ0v) is 15.5. The molecule has 136 valence electrons. The first-order valence-corrected chi connectivity index (χ1v) is 8.75. The van der Waals surface area contributed by atoms with Crippen molar-refractivity contribution in [3.05, 3.63) is 95.8 Å². The van der Waals surface area contributed by atoms with Gasteiger partial charge in [-0.1, -0.05) is 24.3 Å². The summed E-state index contributed by atoms with van der Waals surface area (Å²) in [5.74, 6) is 0.676. The summed E-state index contributed by atoms with van der Waals surface area (Å²) in [7, 11) is 3.94. The van der Waals surface area contributed by atoms with E-state index in [1.807, 2.05) is 85.7 Å². The van der Waals surface area contributed by atoms with Gasteiger partial charge in [0.2, 0.25) is 0 Å². The molecule has 0 radical (unpaired) electrons. The number of benzene rings is 2. The number of hydrogen-bond donors (Lipinski definition) is 0. The molecule has 3 rings (SSSR count). The summed E-state index contributed by atoms with van der Waals surface area (Å²) in [4.78, 5) is 18.7. The number of carbonyl (C=O) groups excluding carboxylic acids is 1. The lowest BCUT2D eigenvalue weighted by Gasteiger charge is -2.12. The summed E-state index contributed by atoms with van der Waals surface area (Å²) in [6.07, 6.45) is 5.11. The quantitative estimate of drug-likeness (QED) is 0.456. The van der Waals surface area contributed by atoms with Crippen LogP contribution < -0.4 is 9.64 Å². The maximum atomic E-state index is 12.4. The Morgan fingerprint density at radius 2 is 1.74 bits per heavy atom. The third-order valence-electron chi connectivity index (χ3n) is 4.10. The van der Waals surface area contributed by atoms with Crippen molar-refractivity contribution in [1.82, 2.24) is 4.98 Å². The van der Waals surface area contributed by atoms with Crippen LogP contribution in [0.2, 0.25) is 0 Å². The van der Waals surface area contributed by atoms with E-state index in [1.165, 1.54) is 0 Å². The molecule has 1 heterocycles. The van der Waals surface area contributed by atoms with E-state index < -0.39 is 0 Å². The average molecular weight is 358 g/mol. The molecule has 0 atom stereocenters. The lowest BCUT2D eigenvalue weighted by Crippen LogP contribution is -2.08. The van der Waals surface area contributed by atoms with Crippen LogP contribution >= 0.6 is 0 Å². The average Bonchev–Trinajstić information content (AvgIpc) is 2.72. The van der Waals surface area contributed by atoms with Crippen molar-refractivity contribution in [2.75, 3.05) is 19.0 Å². The second-order valence-electron chi connectivity index (χ2n) is 6.29. The standard InChI is InChI=1S/C23H22N2O2/c1-25(2)21-13-10-18(11-14-21)22(26)15-12-19-7-3-4-9-23(19)27-17-20-8-5-6-16-24-20/h3-16H,17H2,1-2H3. The molecule has 27 heavy (non-hydrogen) atoms. The number of ether oxygens (including phenoxy) is 1. The molecule has 0 aliphatic heterocycles. The van der Waals surface area contributed by atoms with Crippen LogP contribution in [-0.2, 0) is 6.61 Å². The van der Waals surface area contributed by atoms with Gasteiger partial charge in [0.05, 0.1) is 5.69 Å². The molecule has 3 aromatic rings. The van der Waals surface area contributed by atoms with Crippen molar-refractivity contribution in [3.8, 4) is 5.75 Å². The van der Waals surface area contributed by atoms with Gasteiger partial charge in [0.1, 0.15) is 12.4 Å². The molecule has 0 spiro atoms. The topological polar surface area (TPSA) is 42.4 Å². The molecule has 4 nitrogen and oxygen atoms in total. The van der Waals surface area contributed by atoms with E-state index in [1.54, 1.807) is 18.3 Å². The predicted octanol–water partition coefficient (Wildman–Crippen LogP) is 4.62. The number of nitrogens with zero attached hydrogens (tertiary/aromatic N) is 2. The van der Waals surface area contributed by atoms with E-state index in [4.69, 9.17) is 4.74 Å². The highest BCUT2D eigenvalue weighted by molar-refractivity contribution is 6.07. The van der Waals surface area contributed by atoms with Gasteiger partial charge in [0.25, 0.3) is 0 Å². The number of hydrogen-bond acceptors (Lipinski definition) is 4. The first kappa shape index (κ1) is 18.4. The van der Waals surface area contributed by atoms with Crippen molar-refractivity contribution in [3.63, 3.8) is 0 Å². The van der Waals surface area contributed by atoms with Crippen molar-refractivity contribution in [2.24, 2.45) is 0 Å². The van der Waals surface area contributed by atoms with Gasteiger partial charge in [-0.2, -0.15) is 0 Å². The molecule has 0 saturated carbocycles. The molecular formula is C23H22N2O2. The third kappa shape index (κ3) is 5.05. The minimum Gasteiger partial charge on any atom is -0.487 e. The Morgan fingerprint density at radius 1 is 1.00 bits per heavy atom. The highest BCUT2D eigenvalue weighted by atomic mass is 16.5. The minimum absolute atomic E-state index is 0.0418. The van der Waals surface area contributed by atoms with Gasteiger partial charge in [-0.05, 0) is 54.6 Å². The third-order valence-corrected chi connectivity index (χ3v) is 4.10. The number of rotatable bonds is 7. The smallest absolute Gasteiger partial charge is 0.185 e. The van der Waals surface area contributed by atoms with Gasteiger partial charge in [-0.3, -0.25) is 9.78 Å². The molecule has 1 aromatic heterocycles. The van der Waals surface area contributed by atoms with Crippen LogP contribution in [0.25, 0.3) is 6.08 Å². The lowest BCUT2D eigenvalue weighted by atomic mass is 10.1. The van der Waals surface area contributed by atoms with E-state index in [-0.39, 0.29) is 5.78 Å². The number of pyridine rings is 1. The molecule has 0 fully saturated rings. The molecule has 4 heteroatoms. The highest BCUT2D eigenvalue weighted by Crippen LogP contribution is 2.21. The van der Waals surface area contributed by atoms with Crippen molar-refractivity contribution in [1.29, 1.82) is 0 Å². The van der Waals surface area contributed by atoms with Crippen molar-refractivity contribution >= 4 is 17.5 Å². The van der Waals surface area contributed by atoms with Crippen LogP contribution in [0, 0.1) is 0 Å². The Bertz CT molecular complexity index is 917. The normalized spacial score (nSPS) is 10.7. The molecule has 0 aliphatic rings. The molecule has 2 aromatic carbocycles. The predicted molar refractivity (Wildman–Crippen MR) is 109 cm³/mol. The largest absolute Gasteiger partial charge is 0.487 e. The Balaban J connectivity index is 1.70. The number of para-hydroxylation sites is 1. The van der Waals surface area contributed by atoms with E-state index >= 15 is 0 Å². The molecule has 0 bridgehead atoms. The Labute approximate surface area is 159 Å². The fourth-order valence-electron chi connectivity index (χ4n) is 2.57. The summed E-state index contributed by atoms with van der Waals surface area (Å²) in [5.41, 5.74) is 3.42. The van der Waals surface area contributed by atoms with Crippen LogP contribution in [0.15, 0.2) is 79.0 Å². The SMILES string of the molecule is CN(C)c1ccc(C(=O)C=Cc2ccccc2OCc2ccccn2)cc1. The van der Waals surface area contributed by atoms with E-state index in [0.29, 0.717) is 12.2 Å². The number of anilines is 1. The maximum absolute atomic E-state index is 12.4. The maximum Gasteiger partial charge on any atom is 0.185 e. The van der Waals surface area contributed by atoms with Crippen molar-refractivity contribution < 1.29 is 9.53 Å². The number of carbonyl (C=O) groups is 1. The van der Waals surface area contributed by atoms with Crippen LogP contribution in [0.4, 0.5) is 5.69 Å². The van der Waals surface area contributed by atoms with Crippen LogP contribution in [0.3, 0.4) is 0 Å². The minimum atomic E-state index is -0.0418. The zero-order chi connectivity index (χ0) is 19.1. The second kappa shape index (κ2) is 8.81. The van der Waals surface area contributed by atoms with Crippen LogP contribution in [0.5, 0.6) is 5.75 Å². The number of allylic oxidation sites excluding steroid dienone is 1. The first-order chi connectivity index (χ1) is 13.1. The van der Waals surface area contributed by atoms with Gasteiger partial charge in [0, 0.05) is 37.1 Å². The Morgan fingerprint density at radius 3 is 2.44 bits per heavy atom. The van der Waals surface area contributed by atoms with E-state index in [2.05, 4.69) is 4.98 Å². The summed E-state index contributed by atoms with van der Waals surface area (Å²) >= 11 is 0. The van der Waals surface area contributed by atoms with Gasteiger partial charge in [-0.15, -0.1) is 0 Å². The van der Waals surface area contributed by atoms with Gasteiger partial charge in [0.15, 0.2) is 5.78 Å². The molecule has 0 N–H and O–H groups in total. The summed E-state index contributed by atoms with van der Waals surface area (Å²) < 4.78 is 5.87. The fourth-order valence-corrected chi connectivity index (χ4v) is 2.57. The van der Waals surface area contributed by atoms with Crippen molar-refractivity contribution in [2.45, 2.75) is 6.61 Å². The highest BCUT2D eigenvalue weighted by Gasteiger charge is 2.05. The van der Waals surface area contributed by atoms with E-state index in [0.717, 1.165) is 22.7 Å². The second-order valence-corrected chi connectivity index (χ2v) is 6.29. The number of ketones is 1. The fraction of sp³-hybridized carbons (Fsp3) is 0.130. The summed E-state index contributed by atoms with van der Waals surface area (Å²) in [5, 5.41) is 0. The lowest BCUT2D eigenvalue weighted by molar-refractivity contribution is 0.104. The Kier molecular flexibility index (Phi) is 6.00. The van der Waals surface area contributed by atoms with E-state index in [9.17, 15) is 4.79 Å². The molecule has 0 unspecified atom stereocenters. The Hall–Kier alpha value is -3.40. The summed E-state index contributed by atoms with van der Waals surface area (Å²) in [6, 6.07) is 20.9. The summed E-state index contributed by atoms with van der Waals surface area (Å²) in [6.45, 7) is 0.381. The number of aromatic nitrogens is 1.